The molecule has 106 valence electrons. The van der Waals surface area contributed by atoms with E-state index in [9.17, 15) is 4.79 Å². The fraction of sp³-hybridized carbons (Fsp3) is 0.250. The molecule has 1 aromatic heterocycles. The number of aromatic nitrogens is 3. The van der Waals surface area contributed by atoms with E-state index in [-0.39, 0.29) is 12.7 Å². The Morgan fingerprint density at radius 2 is 2.10 bits per heavy atom. The molecule has 0 unspecified atom stereocenters. The smallest absolute Gasteiger partial charge is 0.324 e. The second kappa shape index (κ2) is 6.25. The SMILES string of the molecule is Cc1cc(OCNC(=O)Nc2ncn[nH]2)cc(C)c1Cl. The third-order valence-corrected chi connectivity index (χ3v) is 3.12. The molecule has 0 radical (unpaired) electrons. The number of carbonyl (C=O) groups is 1. The van der Waals surface area contributed by atoms with Gasteiger partial charge >= 0.3 is 6.03 Å². The van der Waals surface area contributed by atoms with Crippen LogP contribution in [0.4, 0.5) is 10.7 Å². The van der Waals surface area contributed by atoms with Crippen molar-refractivity contribution in [2.45, 2.75) is 13.8 Å². The molecule has 2 rings (SSSR count). The van der Waals surface area contributed by atoms with Gasteiger partial charge in [-0.2, -0.15) is 10.1 Å². The van der Waals surface area contributed by atoms with Crippen LogP contribution in [-0.2, 0) is 0 Å². The Kier molecular flexibility index (Phi) is 4.41. The van der Waals surface area contributed by atoms with Crippen molar-refractivity contribution in [2.24, 2.45) is 0 Å². The Morgan fingerprint density at radius 1 is 1.40 bits per heavy atom. The number of aryl methyl sites for hydroxylation is 2. The van der Waals surface area contributed by atoms with Crippen LogP contribution < -0.4 is 15.4 Å². The quantitative estimate of drug-likeness (QED) is 0.754. The molecule has 2 aromatic rings. The summed E-state index contributed by atoms with van der Waals surface area (Å²) in [5.41, 5.74) is 1.85. The van der Waals surface area contributed by atoms with Crippen LogP contribution >= 0.6 is 11.6 Å². The Balaban J connectivity index is 1.82. The minimum Gasteiger partial charge on any atom is -0.473 e. The second-order valence-corrected chi connectivity index (χ2v) is 4.50. The van der Waals surface area contributed by atoms with E-state index >= 15 is 0 Å². The third kappa shape index (κ3) is 3.61. The zero-order valence-corrected chi connectivity index (χ0v) is 11.8. The van der Waals surface area contributed by atoms with Crippen LogP contribution in [0.5, 0.6) is 5.75 Å². The van der Waals surface area contributed by atoms with Gasteiger partial charge in [0.2, 0.25) is 5.95 Å². The van der Waals surface area contributed by atoms with E-state index in [0.29, 0.717) is 10.8 Å². The van der Waals surface area contributed by atoms with Crippen LogP contribution in [0.1, 0.15) is 11.1 Å². The molecule has 8 heteroatoms. The number of anilines is 1. The lowest BCUT2D eigenvalue weighted by molar-refractivity contribution is 0.234. The average Bonchev–Trinajstić information content (AvgIpc) is 2.88. The van der Waals surface area contributed by atoms with Crippen LogP contribution in [0.15, 0.2) is 18.5 Å². The summed E-state index contributed by atoms with van der Waals surface area (Å²) in [6, 6.07) is 3.18. The maximum absolute atomic E-state index is 11.5. The first-order valence-electron chi connectivity index (χ1n) is 5.86. The molecule has 0 saturated carbocycles. The minimum absolute atomic E-state index is 0.0283. The van der Waals surface area contributed by atoms with Crippen LogP contribution in [-0.4, -0.2) is 27.9 Å². The zero-order chi connectivity index (χ0) is 14.5. The molecule has 0 aliphatic heterocycles. The number of hydrogen-bond acceptors (Lipinski definition) is 4. The van der Waals surface area contributed by atoms with Gasteiger partial charge in [-0.05, 0) is 37.1 Å². The molecular weight excluding hydrogens is 282 g/mol. The van der Waals surface area contributed by atoms with Crippen molar-refractivity contribution in [1.82, 2.24) is 20.5 Å². The van der Waals surface area contributed by atoms with Crippen molar-refractivity contribution in [3.05, 3.63) is 34.6 Å². The van der Waals surface area contributed by atoms with Crippen molar-refractivity contribution in [3.63, 3.8) is 0 Å². The van der Waals surface area contributed by atoms with Crippen molar-refractivity contribution in [1.29, 1.82) is 0 Å². The summed E-state index contributed by atoms with van der Waals surface area (Å²) >= 11 is 6.06. The maximum Gasteiger partial charge on any atom is 0.324 e. The first-order valence-corrected chi connectivity index (χ1v) is 6.24. The van der Waals surface area contributed by atoms with Crippen LogP contribution in [0.25, 0.3) is 0 Å². The van der Waals surface area contributed by atoms with Crippen molar-refractivity contribution in [3.8, 4) is 5.75 Å². The number of H-pyrrole nitrogens is 1. The molecule has 0 atom stereocenters. The Bertz CT molecular complexity index is 577. The van der Waals surface area contributed by atoms with E-state index in [1.807, 2.05) is 26.0 Å². The van der Waals surface area contributed by atoms with E-state index in [0.717, 1.165) is 11.1 Å². The molecule has 0 aliphatic rings. The molecule has 0 saturated heterocycles. The van der Waals surface area contributed by atoms with E-state index < -0.39 is 6.03 Å². The van der Waals surface area contributed by atoms with Gasteiger partial charge in [-0.3, -0.25) is 5.32 Å². The van der Waals surface area contributed by atoms with Gasteiger partial charge in [0.1, 0.15) is 12.1 Å². The Hall–Kier alpha value is -2.28. The second-order valence-electron chi connectivity index (χ2n) is 4.12. The number of nitrogens with one attached hydrogen (secondary N) is 3. The van der Waals surface area contributed by atoms with Gasteiger partial charge in [-0.15, -0.1) is 0 Å². The predicted molar refractivity (Wildman–Crippen MR) is 75.0 cm³/mol. The van der Waals surface area contributed by atoms with E-state index in [1.54, 1.807) is 0 Å². The maximum atomic E-state index is 11.5. The lowest BCUT2D eigenvalue weighted by atomic mass is 10.1. The lowest BCUT2D eigenvalue weighted by Crippen LogP contribution is -2.32. The van der Waals surface area contributed by atoms with Crippen molar-refractivity contribution >= 4 is 23.6 Å². The summed E-state index contributed by atoms with van der Waals surface area (Å²) < 4.78 is 5.44. The summed E-state index contributed by atoms with van der Waals surface area (Å²) in [6.45, 7) is 3.82. The van der Waals surface area contributed by atoms with Crippen molar-refractivity contribution < 1.29 is 9.53 Å². The molecule has 1 heterocycles. The number of urea groups is 1. The predicted octanol–water partition coefficient (Wildman–Crippen LogP) is 2.23. The summed E-state index contributed by atoms with van der Waals surface area (Å²) in [4.78, 5) is 15.2. The highest BCUT2D eigenvalue weighted by Gasteiger charge is 2.05. The standard InChI is InChI=1S/C12H14ClN5O2/c1-7-3-9(4-8(2)10(7)13)20-6-15-12(19)17-11-14-5-16-18-11/h3-5H,6H2,1-2H3,(H3,14,15,16,17,18,19). The van der Waals surface area contributed by atoms with Crippen LogP contribution in [0.3, 0.4) is 0 Å². The first-order chi connectivity index (χ1) is 9.56. The highest BCUT2D eigenvalue weighted by atomic mass is 35.5. The Labute approximate surface area is 120 Å². The molecule has 0 fully saturated rings. The molecule has 0 aliphatic carbocycles. The molecular formula is C12H14ClN5O2. The van der Waals surface area contributed by atoms with Gasteiger partial charge in [0.15, 0.2) is 6.73 Å². The van der Waals surface area contributed by atoms with Crippen LogP contribution in [0, 0.1) is 13.8 Å². The summed E-state index contributed by atoms with van der Waals surface area (Å²) in [5.74, 6) is 0.907. The number of hydrogen-bond donors (Lipinski definition) is 3. The molecule has 0 spiro atoms. The topological polar surface area (TPSA) is 91.9 Å². The van der Waals surface area contributed by atoms with E-state index in [2.05, 4.69) is 25.8 Å². The number of carbonyl (C=O) groups excluding carboxylic acids is 1. The van der Waals surface area contributed by atoms with E-state index in [4.69, 9.17) is 16.3 Å². The third-order valence-electron chi connectivity index (χ3n) is 2.53. The molecule has 0 bridgehead atoms. The number of nitrogens with zero attached hydrogens (tertiary/aromatic N) is 2. The van der Waals surface area contributed by atoms with Gasteiger partial charge in [0, 0.05) is 5.02 Å². The fourth-order valence-electron chi connectivity index (χ4n) is 1.59. The molecule has 1 aromatic carbocycles. The number of halogens is 1. The number of ether oxygens (including phenoxy) is 1. The average molecular weight is 296 g/mol. The minimum atomic E-state index is -0.441. The lowest BCUT2D eigenvalue weighted by Gasteiger charge is -2.10. The van der Waals surface area contributed by atoms with Gasteiger partial charge in [0.05, 0.1) is 0 Å². The van der Waals surface area contributed by atoms with Gasteiger partial charge in [0.25, 0.3) is 0 Å². The largest absolute Gasteiger partial charge is 0.473 e. The fourth-order valence-corrected chi connectivity index (χ4v) is 1.70. The molecule has 3 N–H and O–H groups in total. The monoisotopic (exact) mass is 295 g/mol. The number of amides is 2. The number of benzene rings is 1. The van der Waals surface area contributed by atoms with Crippen molar-refractivity contribution in [2.75, 3.05) is 12.0 Å². The van der Waals surface area contributed by atoms with Gasteiger partial charge < -0.3 is 10.1 Å². The molecule has 20 heavy (non-hydrogen) atoms. The summed E-state index contributed by atoms with van der Waals surface area (Å²) in [7, 11) is 0. The van der Waals surface area contributed by atoms with Crippen LogP contribution in [0.2, 0.25) is 5.02 Å². The summed E-state index contributed by atoms with van der Waals surface area (Å²) in [6.07, 6.45) is 1.30. The van der Waals surface area contributed by atoms with E-state index in [1.165, 1.54) is 6.33 Å². The normalized spacial score (nSPS) is 10.2. The number of aromatic amines is 1. The highest BCUT2D eigenvalue weighted by Crippen LogP contribution is 2.25. The van der Waals surface area contributed by atoms with Gasteiger partial charge in [-0.25, -0.2) is 9.89 Å². The zero-order valence-electron chi connectivity index (χ0n) is 11.0. The molecule has 7 nitrogen and oxygen atoms in total. The Morgan fingerprint density at radius 3 is 2.70 bits per heavy atom. The summed E-state index contributed by atoms with van der Waals surface area (Å²) in [5, 5.41) is 11.8. The number of rotatable bonds is 4. The van der Waals surface area contributed by atoms with Gasteiger partial charge in [-0.1, -0.05) is 11.6 Å². The molecule has 2 amide bonds. The first kappa shape index (κ1) is 14.1. The highest BCUT2D eigenvalue weighted by molar-refractivity contribution is 6.32.